The van der Waals surface area contributed by atoms with Gasteiger partial charge in [0.1, 0.15) is 9.88 Å². The maximum absolute atomic E-state index is 12.1. The summed E-state index contributed by atoms with van der Waals surface area (Å²) >= 11 is 1.20. The Morgan fingerprint density at radius 1 is 1.29 bits per heavy atom. The Morgan fingerprint density at radius 2 is 1.90 bits per heavy atom. The number of nitrogens with one attached hydrogen (secondary N) is 1. The Labute approximate surface area is 127 Å². The summed E-state index contributed by atoms with van der Waals surface area (Å²) < 4.78 is 0. The van der Waals surface area contributed by atoms with Crippen LogP contribution in [0.4, 0.5) is 10.7 Å². The van der Waals surface area contributed by atoms with Gasteiger partial charge in [-0.1, -0.05) is 6.92 Å². The van der Waals surface area contributed by atoms with Crippen molar-refractivity contribution in [3.05, 3.63) is 10.4 Å². The number of nitrogens with two attached hydrogens (primary N) is 2. The zero-order valence-corrected chi connectivity index (χ0v) is 13.1. The number of nitrogens with zero attached hydrogens (tertiary/aromatic N) is 2. The topological polar surface area (TPSA) is 105 Å². The quantitative estimate of drug-likeness (QED) is 0.722. The molecule has 2 rings (SSSR count). The lowest BCUT2D eigenvalue weighted by Gasteiger charge is -2.35. The van der Waals surface area contributed by atoms with E-state index in [0.717, 1.165) is 37.7 Å². The van der Waals surface area contributed by atoms with Gasteiger partial charge in [-0.25, -0.2) is 0 Å². The van der Waals surface area contributed by atoms with E-state index in [1.165, 1.54) is 11.3 Å². The third-order valence-corrected chi connectivity index (χ3v) is 4.99. The van der Waals surface area contributed by atoms with Crippen LogP contribution in [-0.2, 0) is 0 Å². The first-order valence-corrected chi connectivity index (χ1v) is 7.72. The normalized spacial score (nSPS) is 16.0. The molecule has 116 valence electrons. The van der Waals surface area contributed by atoms with Gasteiger partial charge in [-0.05, 0) is 6.54 Å². The number of piperazine rings is 1. The number of anilines is 2. The van der Waals surface area contributed by atoms with E-state index in [4.69, 9.17) is 11.5 Å². The number of likely N-dealkylation sites (N-methyl/N-ethyl adjacent to an activating group) is 1. The summed E-state index contributed by atoms with van der Waals surface area (Å²) in [6, 6.07) is 0. The second kappa shape index (κ2) is 6.31. The highest BCUT2D eigenvalue weighted by molar-refractivity contribution is 7.19. The van der Waals surface area contributed by atoms with Gasteiger partial charge in [0.2, 0.25) is 0 Å². The molecule has 7 nitrogen and oxygen atoms in total. The molecule has 0 radical (unpaired) electrons. The third kappa shape index (κ3) is 2.96. The number of carbonyl (C=O) groups is 2. The van der Waals surface area contributed by atoms with Crippen LogP contribution < -0.4 is 21.7 Å². The molecule has 21 heavy (non-hydrogen) atoms. The van der Waals surface area contributed by atoms with Crippen LogP contribution in [0.2, 0.25) is 0 Å². The molecule has 2 amide bonds. The minimum absolute atomic E-state index is 0.180. The lowest BCUT2D eigenvalue weighted by atomic mass is 10.2. The first-order chi connectivity index (χ1) is 9.99. The van der Waals surface area contributed by atoms with Gasteiger partial charge in [-0.2, -0.15) is 0 Å². The fourth-order valence-corrected chi connectivity index (χ4v) is 3.57. The molecule has 1 aliphatic heterocycles. The van der Waals surface area contributed by atoms with Gasteiger partial charge in [0.25, 0.3) is 11.8 Å². The van der Waals surface area contributed by atoms with Crippen molar-refractivity contribution in [1.82, 2.24) is 10.2 Å². The fourth-order valence-electron chi connectivity index (χ4n) is 2.45. The molecular weight excluding hydrogens is 290 g/mol. The number of carbonyl (C=O) groups excluding carboxylic acids is 2. The van der Waals surface area contributed by atoms with Gasteiger partial charge in [0.05, 0.1) is 11.3 Å². The van der Waals surface area contributed by atoms with Gasteiger partial charge in [0, 0.05) is 33.2 Å². The van der Waals surface area contributed by atoms with E-state index in [9.17, 15) is 9.59 Å². The van der Waals surface area contributed by atoms with E-state index in [2.05, 4.69) is 22.0 Å². The van der Waals surface area contributed by atoms with E-state index < -0.39 is 5.91 Å². The molecule has 5 N–H and O–H groups in total. The highest BCUT2D eigenvalue weighted by atomic mass is 32.1. The van der Waals surface area contributed by atoms with Crippen molar-refractivity contribution in [1.29, 1.82) is 0 Å². The molecule has 0 unspecified atom stereocenters. The van der Waals surface area contributed by atoms with Gasteiger partial charge in [-0.15, -0.1) is 11.3 Å². The Hall–Kier alpha value is -1.80. The molecule has 8 heteroatoms. The first-order valence-electron chi connectivity index (χ1n) is 6.91. The van der Waals surface area contributed by atoms with Gasteiger partial charge in [0.15, 0.2) is 0 Å². The number of primary amides is 1. The lowest BCUT2D eigenvalue weighted by molar-refractivity contribution is 0.0964. The van der Waals surface area contributed by atoms with Crippen molar-refractivity contribution >= 4 is 33.8 Å². The van der Waals surface area contributed by atoms with E-state index >= 15 is 0 Å². The van der Waals surface area contributed by atoms with Crippen molar-refractivity contribution in [2.45, 2.75) is 6.92 Å². The predicted octanol–water partition coefficient (Wildman–Crippen LogP) is -0.0693. The maximum Gasteiger partial charge on any atom is 0.260 e. The van der Waals surface area contributed by atoms with Crippen molar-refractivity contribution in [3.8, 4) is 0 Å². The third-order valence-electron chi connectivity index (χ3n) is 3.71. The van der Waals surface area contributed by atoms with E-state index in [1.54, 1.807) is 7.05 Å². The molecular formula is C13H21N5O2S. The van der Waals surface area contributed by atoms with Crippen LogP contribution in [0.5, 0.6) is 0 Å². The first kappa shape index (κ1) is 15.6. The summed E-state index contributed by atoms with van der Waals surface area (Å²) in [5, 5.41) is 3.31. The fraction of sp³-hybridized carbons (Fsp3) is 0.538. The van der Waals surface area contributed by atoms with Crippen molar-refractivity contribution in [3.63, 3.8) is 0 Å². The van der Waals surface area contributed by atoms with Crippen LogP contribution in [0.1, 0.15) is 27.0 Å². The highest BCUT2D eigenvalue weighted by Crippen LogP contribution is 2.38. The second-order valence-corrected chi connectivity index (χ2v) is 5.89. The average molecular weight is 311 g/mol. The zero-order chi connectivity index (χ0) is 15.6. The Balaban J connectivity index is 2.36. The zero-order valence-electron chi connectivity index (χ0n) is 12.3. The van der Waals surface area contributed by atoms with Crippen LogP contribution in [0.3, 0.4) is 0 Å². The smallest absolute Gasteiger partial charge is 0.260 e. The van der Waals surface area contributed by atoms with Crippen LogP contribution >= 0.6 is 11.3 Å². The van der Waals surface area contributed by atoms with Crippen LogP contribution in [0.25, 0.3) is 0 Å². The minimum atomic E-state index is -0.596. The van der Waals surface area contributed by atoms with E-state index in [0.29, 0.717) is 5.56 Å². The second-order valence-electron chi connectivity index (χ2n) is 4.89. The summed E-state index contributed by atoms with van der Waals surface area (Å²) in [5.74, 6) is -0.884. The predicted molar refractivity (Wildman–Crippen MR) is 85.0 cm³/mol. The molecule has 0 spiro atoms. The van der Waals surface area contributed by atoms with Crippen LogP contribution in [-0.4, -0.2) is 56.5 Å². The number of rotatable bonds is 4. The maximum atomic E-state index is 12.1. The van der Waals surface area contributed by atoms with Gasteiger partial charge < -0.3 is 26.6 Å². The summed E-state index contributed by atoms with van der Waals surface area (Å²) in [5.41, 5.74) is 11.8. The largest absolute Gasteiger partial charge is 0.397 e. The molecule has 0 atom stereocenters. The van der Waals surface area contributed by atoms with Gasteiger partial charge in [-0.3, -0.25) is 9.59 Å². The average Bonchev–Trinajstić information content (AvgIpc) is 2.84. The highest BCUT2D eigenvalue weighted by Gasteiger charge is 2.28. The molecule has 1 aliphatic rings. The molecule has 1 saturated heterocycles. The van der Waals surface area contributed by atoms with E-state index in [-0.39, 0.29) is 16.5 Å². The summed E-state index contributed by atoms with van der Waals surface area (Å²) in [7, 11) is 1.54. The molecule has 0 bridgehead atoms. The van der Waals surface area contributed by atoms with Crippen LogP contribution in [0, 0.1) is 0 Å². The standard InChI is InChI=1S/C13H21N5O2S/c1-3-17-4-6-18(7-5-17)13-8(12(20)16-2)9(14)10(21-13)11(15)19/h3-7,14H2,1-2H3,(H2,15,19)(H,16,20). The number of hydrogen-bond acceptors (Lipinski definition) is 6. The van der Waals surface area contributed by atoms with Crippen molar-refractivity contribution < 1.29 is 9.59 Å². The monoisotopic (exact) mass is 311 g/mol. The van der Waals surface area contributed by atoms with Gasteiger partial charge >= 0.3 is 0 Å². The summed E-state index contributed by atoms with van der Waals surface area (Å²) in [6.45, 7) is 6.59. The number of hydrogen-bond donors (Lipinski definition) is 3. The summed E-state index contributed by atoms with van der Waals surface area (Å²) in [4.78, 5) is 28.2. The number of nitrogen functional groups attached to an aromatic ring is 1. The summed E-state index contributed by atoms with van der Waals surface area (Å²) in [6.07, 6.45) is 0. The Kier molecular flexibility index (Phi) is 4.69. The molecule has 1 fully saturated rings. The van der Waals surface area contributed by atoms with E-state index in [1.807, 2.05) is 0 Å². The SMILES string of the molecule is CCN1CCN(c2sc(C(N)=O)c(N)c2C(=O)NC)CC1. The van der Waals surface area contributed by atoms with Crippen molar-refractivity contribution in [2.24, 2.45) is 5.73 Å². The molecule has 2 heterocycles. The molecule has 1 aromatic rings. The lowest BCUT2D eigenvalue weighted by Crippen LogP contribution is -2.46. The Bertz CT molecular complexity index is 549. The molecule has 0 aliphatic carbocycles. The number of amides is 2. The molecule has 0 aromatic carbocycles. The Morgan fingerprint density at radius 3 is 2.38 bits per heavy atom. The van der Waals surface area contributed by atoms with Crippen LogP contribution in [0.15, 0.2) is 0 Å². The molecule has 1 aromatic heterocycles. The molecule has 0 saturated carbocycles. The van der Waals surface area contributed by atoms with Crippen molar-refractivity contribution in [2.75, 3.05) is 50.4 Å². The number of thiophene rings is 1. The minimum Gasteiger partial charge on any atom is -0.397 e.